The minimum absolute atomic E-state index is 0.00984. The first-order valence-electron chi connectivity index (χ1n) is 4.73. The van der Waals surface area contributed by atoms with E-state index in [1.54, 1.807) is 5.38 Å². The molecule has 1 aliphatic rings. The van der Waals surface area contributed by atoms with E-state index < -0.39 is 5.97 Å². The number of carboxylic acid groups (broad SMARTS) is 1. The Labute approximate surface area is 91.1 Å². The number of morpholine rings is 1. The number of carbonyl (C=O) groups is 1. The van der Waals surface area contributed by atoms with Crippen LogP contribution in [0.4, 0.5) is 0 Å². The van der Waals surface area contributed by atoms with Crippen molar-refractivity contribution in [2.75, 3.05) is 19.8 Å². The molecule has 0 bridgehead atoms. The molecule has 0 aliphatic carbocycles. The van der Waals surface area contributed by atoms with Crippen molar-refractivity contribution in [1.29, 1.82) is 0 Å². The normalized spacial score (nSPS) is 21.5. The topological polar surface area (TPSA) is 71.5 Å². The number of hydrogen-bond donors (Lipinski definition) is 2. The van der Waals surface area contributed by atoms with Gasteiger partial charge in [0.25, 0.3) is 0 Å². The molecule has 0 radical (unpaired) electrons. The Kier molecular flexibility index (Phi) is 3.30. The Morgan fingerprint density at radius 1 is 1.80 bits per heavy atom. The molecule has 0 aromatic carbocycles. The van der Waals surface area contributed by atoms with E-state index in [4.69, 9.17) is 9.84 Å². The van der Waals surface area contributed by atoms with Gasteiger partial charge in [0.05, 0.1) is 31.4 Å². The third kappa shape index (κ3) is 2.74. The summed E-state index contributed by atoms with van der Waals surface area (Å²) in [5, 5.41) is 14.6. The first-order chi connectivity index (χ1) is 7.25. The number of ether oxygens (including phenoxy) is 1. The summed E-state index contributed by atoms with van der Waals surface area (Å²) in [6.07, 6.45) is -0.00984. The third-order valence-electron chi connectivity index (χ3n) is 2.12. The Morgan fingerprint density at radius 2 is 2.67 bits per heavy atom. The summed E-state index contributed by atoms with van der Waals surface area (Å²) in [7, 11) is 0. The van der Waals surface area contributed by atoms with Crippen LogP contribution in [0.1, 0.15) is 16.7 Å². The fourth-order valence-electron chi connectivity index (χ4n) is 1.44. The van der Waals surface area contributed by atoms with Gasteiger partial charge < -0.3 is 15.2 Å². The second-order valence-corrected chi connectivity index (χ2v) is 4.22. The van der Waals surface area contributed by atoms with Crippen LogP contribution < -0.4 is 5.32 Å². The molecule has 1 unspecified atom stereocenters. The lowest BCUT2D eigenvalue weighted by Crippen LogP contribution is -2.34. The van der Waals surface area contributed by atoms with Crippen LogP contribution in [0, 0.1) is 0 Å². The van der Waals surface area contributed by atoms with E-state index >= 15 is 0 Å². The lowest BCUT2D eigenvalue weighted by molar-refractivity contribution is -0.136. The third-order valence-corrected chi connectivity index (χ3v) is 3.13. The predicted octanol–water partition coefficient (Wildman–Crippen LogP) is 0.431. The summed E-state index contributed by atoms with van der Waals surface area (Å²) in [4.78, 5) is 14.7. The molecule has 5 nitrogen and oxygen atoms in total. The zero-order valence-corrected chi connectivity index (χ0v) is 8.92. The zero-order valence-electron chi connectivity index (χ0n) is 8.10. The van der Waals surface area contributed by atoms with Gasteiger partial charge in [-0.2, -0.15) is 0 Å². The summed E-state index contributed by atoms with van der Waals surface area (Å²) < 4.78 is 5.31. The van der Waals surface area contributed by atoms with E-state index in [9.17, 15) is 4.79 Å². The molecule has 0 saturated carbocycles. The van der Waals surface area contributed by atoms with Gasteiger partial charge in [0.1, 0.15) is 5.01 Å². The number of nitrogens with zero attached hydrogens (tertiary/aromatic N) is 1. The second kappa shape index (κ2) is 4.69. The number of aliphatic carboxylic acids is 1. The summed E-state index contributed by atoms with van der Waals surface area (Å²) in [5.41, 5.74) is 0.620. The Bertz CT molecular complexity index is 347. The number of carboxylic acids is 1. The maximum Gasteiger partial charge on any atom is 0.309 e. The van der Waals surface area contributed by atoms with E-state index in [1.165, 1.54) is 11.3 Å². The monoisotopic (exact) mass is 228 g/mol. The minimum atomic E-state index is -0.847. The van der Waals surface area contributed by atoms with Crippen LogP contribution in [0.5, 0.6) is 0 Å². The van der Waals surface area contributed by atoms with Crippen LogP contribution in [-0.4, -0.2) is 35.8 Å². The number of rotatable bonds is 3. The standard InChI is InChI=1S/C9H12N2O3S/c12-8(13)3-6-5-15-9(11-6)7-4-14-2-1-10-7/h5,7,10H,1-4H2,(H,12,13). The summed E-state index contributed by atoms with van der Waals surface area (Å²) >= 11 is 1.48. The molecule has 0 spiro atoms. The molecule has 82 valence electrons. The number of thiazole rings is 1. The van der Waals surface area contributed by atoms with Crippen LogP contribution in [0.25, 0.3) is 0 Å². The van der Waals surface area contributed by atoms with Gasteiger partial charge in [-0.15, -0.1) is 11.3 Å². The van der Waals surface area contributed by atoms with Crippen LogP contribution in [0.2, 0.25) is 0 Å². The van der Waals surface area contributed by atoms with Crippen molar-refractivity contribution >= 4 is 17.3 Å². The maximum absolute atomic E-state index is 10.5. The smallest absolute Gasteiger partial charge is 0.309 e. The molecule has 6 heteroatoms. The van der Waals surface area contributed by atoms with Crippen LogP contribution in [0.3, 0.4) is 0 Å². The van der Waals surface area contributed by atoms with Gasteiger partial charge in [-0.3, -0.25) is 4.79 Å². The van der Waals surface area contributed by atoms with Crippen molar-refractivity contribution in [3.63, 3.8) is 0 Å². The highest BCUT2D eigenvalue weighted by Gasteiger charge is 2.18. The molecule has 2 rings (SSSR count). The van der Waals surface area contributed by atoms with Gasteiger partial charge in [0.2, 0.25) is 0 Å². The molecule has 2 heterocycles. The van der Waals surface area contributed by atoms with Crippen molar-refractivity contribution in [3.05, 3.63) is 16.1 Å². The molecule has 1 aliphatic heterocycles. The summed E-state index contributed by atoms with van der Waals surface area (Å²) in [6.45, 7) is 2.16. The van der Waals surface area contributed by atoms with E-state index in [1.807, 2.05) is 0 Å². The highest BCUT2D eigenvalue weighted by atomic mass is 32.1. The van der Waals surface area contributed by atoms with Crippen LogP contribution >= 0.6 is 11.3 Å². The van der Waals surface area contributed by atoms with E-state index in [2.05, 4.69) is 10.3 Å². The molecular formula is C9H12N2O3S. The number of aromatic nitrogens is 1. The molecule has 1 aromatic heterocycles. The highest BCUT2D eigenvalue weighted by Crippen LogP contribution is 2.20. The van der Waals surface area contributed by atoms with Crippen LogP contribution in [0.15, 0.2) is 5.38 Å². The Morgan fingerprint density at radius 3 is 3.33 bits per heavy atom. The summed E-state index contributed by atoms with van der Waals surface area (Å²) in [6, 6.07) is 0.117. The van der Waals surface area contributed by atoms with Crippen molar-refractivity contribution in [1.82, 2.24) is 10.3 Å². The first kappa shape index (κ1) is 10.5. The van der Waals surface area contributed by atoms with Gasteiger partial charge >= 0.3 is 5.97 Å². The predicted molar refractivity (Wildman–Crippen MR) is 55.0 cm³/mol. The Balaban J connectivity index is 2.02. The second-order valence-electron chi connectivity index (χ2n) is 3.33. The molecule has 1 atom stereocenters. The molecule has 1 saturated heterocycles. The van der Waals surface area contributed by atoms with Gasteiger partial charge in [-0.1, -0.05) is 0 Å². The highest BCUT2D eigenvalue weighted by molar-refractivity contribution is 7.09. The zero-order chi connectivity index (χ0) is 10.7. The van der Waals surface area contributed by atoms with Crippen molar-refractivity contribution in [2.45, 2.75) is 12.5 Å². The molecular weight excluding hydrogens is 216 g/mol. The molecule has 1 fully saturated rings. The van der Waals surface area contributed by atoms with Crippen molar-refractivity contribution < 1.29 is 14.6 Å². The lowest BCUT2D eigenvalue weighted by Gasteiger charge is -2.21. The van der Waals surface area contributed by atoms with Crippen molar-refractivity contribution in [3.8, 4) is 0 Å². The average Bonchev–Trinajstić information content (AvgIpc) is 2.67. The maximum atomic E-state index is 10.5. The fourth-order valence-corrected chi connectivity index (χ4v) is 2.32. The largest absolute Gasteiger partial charge is 0.481 e. The Hall–Kier alpha value is -0.980. The van der Waals surface area contributed by atoms with E-state index in [-0.39, 0.29) is 12.5 Å². The number of hydrogen-bond acceptors (Lipinski definition) is 5. The molecule has 15 heavy (non-hydrogen) atoms. The minimum Gasteiger partial charge on any atom is -0.481 e. The lowest BCUT2D eigenvalue weighted by atomic mass is 10.3. The van der Waals surface area contributed by atoms with Gasteiger partial charge in [-0.25, -0.2) is 4.98 Å². The molecule has 1 aromatic rings. The molecule has 2 N–H and O–H groups in total. The SMILES string of the molecule is O=C(O)Cc1csc(C2COCCN2)n1. The van der Waals surface area contributed by atoms with Gasteiger partial charge in [0, 0.05) is 11.9 Å². The van der Waals surface area contributed by atoms with Gasteiger partial charge in [-0.05, 0) is 0 Å². The van der Waals surface area contributed by atoms with E-state index in [0.29, 0.717) is 12.3 Å². The van der Waals surface area contributed by atoms with Crippen molar-refractivity contribution in [2.24, 2.45) is 0 Å². The molecule has 0 amide bonds. The summed E-state index contributed by atoms with van der Waals surface area (Å²) in [5.74, 6) is -0.847. The quantitative estimate of drug-likeness (QED) is 0.785. The fraction of sp³-hybridized carbons (Fsp3) is 0.556. The van der Waals surface area contributed by atoms with E-state index in [0.717, 1.165) is 18.2 Å². The number of nitrogens with one attached hydrogen (secondary N) is 1. The average molecular weight is 228 g/mol. The first-order valence-corrected chi connectivity index (χ1v) is 5.61. The van der Waals surface area contributed by atoms with Crippen LogP contribution in [-0.2, 0) is 16.0 Å². The van der Waals surface area contributed by atoms with Gasteiger partial charge in [0.15, 0.2) is 0 Å².